The predicted octanol–water partition coefficient (Wildman–Crippen LogP) is 6.67. The molecular weight excluding hydrogens is 482 g/mol. The lowest BCUT2D eigenvalue weighted by atomic mass is 9.68. The summed E-state index contributed by atoms with van der Waals surface area (Å²) in [7, 11) is 1.85. The van der Waals surface area contributed by atoms with E-state index in [0.29, 0.717) is 18.1 Å². The summed E-state index contributed by atoms with van der Waals surface area (Å²) in [5.74, 6) is 0. The Morgan fingerprint density at radius 3 is 2.74 bits per heavy atom. The van der Waals surface area contributed by atoms with Crippen molar-refractivity contribution in [2.24, 2.45) is 0 Å². The molecule has 2 aromatic rings. The number of nitrogens with zero attached hydrogens (tertiary/aromatic N) is 2. The molecule has 1 aromatic heterocycles. The third-order valence-electron chi connectivity index (χ3n) is 11.1. The van der Waals surface area contributed by atoms with E-state index in [1.165, 1.54) is 49.8 Å². The van der Waals surface area contributed by atoms with Crippen LogP contribution in [-0.2, 0) is 21.3 Å². The standard InChI is InChI=1S/C34H49N3O2/c1-25(32(2,3)38-4)37-22-15-26-10-9-11-27-28(13-14-29(37)31(26)27)35-21-18-33(30-12-5-8-20-36-30)19-23-39-34(24-33)16-6-7-17-34/h5,8-12,20,25,28-29,35H,6-7,13-19,21-24H2,1-4H3/t25?,28?,29?,33-/m1/s1. The largest absolute Gasteiger partial charge is 0.377 e. The summed E-state index contributed by atoms with van der Waals surface area (Å²) in [5, 5.41) is 4.07. The molecule has 6 rings (SSSR count). The fourth-order valence-corrected chi connectivity index (χ4v) is 8.45. The first-order valence-corrected chi connectivity index (χ1v) is 15.6. The second-order valence-electron chi connectivity index (χ2n) is 13.4. The number of benzene rings is 1. The van der Waals surface area contributed by atoms with E-state index in [4.69, 9.17) is 14.5 Å². The van der Waals surface area contributed by atoms with Crippen molar-refractivity contribution in [3.63, 3.8) is 0 Å². The number of aromatic nitrogens is 1. The maximum atomic E-state index is 6.49. The molecule has 5 heteroatoms. The van der Waals surface area contributed by atoms with Crippen LogP contribution in [0.15, 0.2) is 42.6 Å². The van der Waals surface area contributed by atoms with Crippen molar-refractivity contribution in [1.82, 2.24) is 15.2 Å². The van der Waals surface area contributed by atoms with Gasteiger partial charge in [0.2, 0.25) is 0 Å². The summed E-state index contributed by atoms with van der Waals surface area (Å²) < 4.78 is 12.4. The SMILES string of the molecule is COC(C)(C)C(C)N1CCc2cccc3c2C1CCC3NCC[C@@]1(c2ccccn2)CCOC2(CCCC2)C1. The van der Waals surface area contributed by atoms with Crippen LogP contribution in [0.2, 0.25) is 0 Å². The molecule has 1 saturated carbocycles. The average Bonchev–Trinajstić information content (AvgIpc) is 3.41. The molecule has 1 N–H and O–H groups in total. The zero-order valence-electron chi connectivity index (χ0n) is 24.7. The number of ether oxygens (including phenoxy) is 2. The van der Waals surface area contributed by atoms with Gasteiger partial charge in [0, 0.05) is 55.7 Å². The van der Waals surface area contributed by atoms with Crippen LogP contribution in [0.4, 0.5) is 0 Å². The highest BCUT2D eigenvalue weighted by Gasteiger charge is 2.48. The zero-order chi connectivity index (χ0) is 27.1. The molecule has 0 amide bonds. The highest BCUT2D eigenvalue weighted by Crippen LogP contribution is 2.50. The molecule has 4 atom stereocenters. The van der Waals surface area contributed by atoms with Crippen LogP contribution in [0.1, 0.15) is 113 Å². The summed E-state index contributed by atoms with van der Waals surface area (Å²) in [6.45, 7) is 9.81. The molecule has 3 heterocycles. The molecule has 1 aromatic carbocycles. The molecule has 3 unspecified atom stereocenters. The summed E-state index contributed by atoms with van der Waals surface area (Å²) in [6.07, 6.45) is 13.8. The van der Waals surface area contributed by atoms with Gasteiger partial charge in [-0.3, -0.25) is 9.88 Å². The first-order valence-electron chi connectivity index (χ1n) is 15.6. The fourth-order valence-electron chi connectivity index (χ4n) is 8.45. The number of methoxy groups -OCH3 is 1. The van der Waals surface area contributed by atoms with E-state index < -0.39 is 0 Å². The van der Waals surface area contributed by atoms with E-state index in [2.05, 4.69) is 67.4 Å². The first-order chi connectivity index (χ1) is 18.9. The van der Waals surface area contributed by atoms with Gasteiger partial charge in [0.15, 0.2) is 0 Å². The van der Waals surface area contributed by atoms with E-state index in [1.54, 1.807) is 11.1 Å². The van der Waals surface area contributed by atoms with Crippen molar-refractivity contribution >= 4 is 0 Å². The molecule has 0 bridgehead atoms. The maximum absolute atomic E-state index is 6.49. The molecule has 1 saturated heterocycles. The van der Waals surface area contributed by atoms with Crippen LogP contribution in [0.3, 0.4) is 0 Å². The van der Waals surface area contributed by atoms with E-state index >= 15 is 0 Å². The van der Waals surface area contributed by atoms with Crippen LogP contribution in [-0.4, -0.2) is 53.9 Å². The summed E-state index contributed by atoms with van der Waals surface area (Å²) >= 11 is 0. The number of hydrogen-bond donors (Lipinski definition) is 1. The minimum absolute atomic E-state index is 0.0719. The highest BCUT2D eigenvalue weighted by atomic mass is 16.5. The van der Waals surface area contributed by atoms with Gasteiger partial charge in [0.1, 0.15) is 0 Å². The normalized spacial score (nSPS) is 29.3. The second kappa shape index (κ2) is 10.9. The van der Waals surface area contributed by atoms with Gasteiger partial charge in [-0.25, -0.2) is 0 Å². The van der Waals surface area contributed by atoms with Crippen molar-refractivity contribution in [3.05, 3.63) is 65.0 Å². The number of pyridine rings is 1. The zero-order valence-corrected chi connectivity index (χ0v) is 24.7. The van der Waals surface area contributed by atoms with Crippen LogP contribution in [0.25, 0.3) is 0 Å². The van der Waals surface area contributed by atoms with Gasteiger partial charge in [-0.15, -0.1) is 0 Å². The van der Waals surface area contributed by atoms with Crippen LogP contribution >= 0.6 is 0 Å². The van der Waals surface area contributed by atoms with Gasteiger partial charge in [-0.05, 0) is 108 Å². The van der Waals surface area contributed by atoms with Crippen LogP contribution in [0, 0.1) is 0 Å². The summed E-state index contributed by atoms with van der Waals surface area (Å²) in [5.41, 5.74) is 5.96. The van der Waals surface area contributed by atoms with Gasteiger partial charge < -0.3 is 14.8 Å². The molecule has 4 aliphatic rings. The Kier molecular flexibility index (Phi) is 7.64. The molecule has 212 valence electrons. The maximum Gasteiger partial charge on any atom is 0.0774 e. The minimum atomic E-state index is -0.165. The molecule has 1 spiro atoms. The van der Waals surface area contributed by atoms with E-state index in [1.807, 2.05) is 13.3 Å². The molecular formula is C34H49N3O2. The molecule has 2 aliphatic heterocycles. The first kappa shape index (κ1) is 27.4. The third kappa shape index (κ3) is 5.09. The van der Waals surface area contributed by atoms with Crippen molar-refractivity contribution in [3.8, 4) is 0 Å². The highest BCUT2D eigenvalue weighted by molar-refractivity contribution is 5.43. The molecule has 2 aliphatic carbocycles. The van der Waals surface area contributed by atoms with E-state index in [9.17, 15) is 0 Å². The van der Waals surface area contributed by atoms with Gasteiger partial charge in [-0.2, -0.15) is 0 Å². The van der Waals surface area contributed by atoms with Gasteiger partial charge in [-0.1, -0.05) is 37.1 Å². The molecule has 2 fully saturated rings. The number of rotatable bonds is 8. The van der Waals surface area contributed by atoms with Gasteiger partial charge in [0.05, 0.1) is 11.2 Å². The Morgan fingerprint density at radius 2 is 1.97 bits per heavy atom. The lowest BCUT2D eigenvalue weighted by molar-refractivity contribution is -0.104. The predicted molar refractivity (Wildman–Crippen MR) is 157 cm³/mol. The van der Waals surface area contributed by atoms with E-state index in [0.717, 1.165) is 45.4 Å². The Labute approximate surface area is 236 Å². The quantitative estimate of drug-likeness (QED) is 0.412. The van der Waals surface area contributed by atoms with Crippen molar-refractivity contribution in [1.29, 1.82) is 0 Å². The fraction of sp³-hybridized carbons (Fsp3) is 0.676. The van der Waals surface area contributed by atoms with E-state index in [-0.39, 0.29) is 16.6 Å². The third-order valence-corrected chi connectivity index (χ3v) is 11.1. The minimum Gasteiger partial charge on any atom is -0.377 e. The smallest absolute Gasteiger partial charge is 0.0774 e. The lowest BCUT2D eigenvalue weighted by Gasteiger charge is -2.49. The number of hydrogen-bond acceptors (Lipinski definition) is 5. The average molecular weight is 532 g/mol. The monoisotopic (exact) mass is 531 g/mol. The summed E-state index contributed by atoms with van der Waals surface area (Å²) in [4.78, 5) is 7.65. The molecule has 39 heavy (non-hydrogen) atoms. The molecule has 5 nitrogen and oxygen atoms in total. The second-order valence-corrected chi connectivity index (χ2v) is 13.4. The van der Waals surface area contributed by atoms with Crippen molar-refractivity contribution in [2.75, 3.05) is 26.8 Å². The van der Waals surface area contributed by atoms with Crippen molar-refractivity contribution < 1.29 is 9.47 Å². The van der Waals surface area contributed by atoms with Gasteiger partial charge in [0.25, 0.3) is 0 Å². The van der Waals surface area contributed by atoms with Crippen LogP contribution < -0.4 is 5.32 Å². The molecule has 0 radical (unpaired) electrons. The summed E-state index contributed by atoms with van der Waals surface area (Å²) in [6, 6.07) is 14.8. The van der Waals surface area contributed by atoms with Gasteiger partial charge >= 0.3 is 0 Å². The Bertz CT molecular complexity index is 1130. The Hall–Kier alpha value is -1.79. The van der Waals surface area contributed by atoms with Crippen molar-refractivity contribution in [2.45, 2.75) is 120 Å². The topological polar surface area (TPSA) is 46.6 Å². The number of nitrogens with one attached hydrogen (secondary N) is 1. The Balaban J connectivity index is 1.21. The Morgan fingerprint density at radius 1 is 1.13 bits per heavy atom. The van der Waals surface area contributed by atoms with Crippen LogP contribution in [0.5, 0.6) is 0 Å². The lowest BCUT2D eigenvalue weighted by Crippen LogP contribution is -2.53.